The minimum atomic E-state index is -0.379. The fraction of sp³-hybridized carbons (Fsp3) is 0.455. The molecule has 0 aliphatic carbocycles. The van der Waals surface area contributed by atoms with Crippen LogP contribution < -0.4 is 0 Å². The van der Waals surface area contributed by atoms with E-state index < -0.39 is 0 Å². The van der Waals surface area contributed by atoms with Crippen molar-refractivity contribution in [3.63, 3.8) is 0 Å². The molecule has 0 unspecified atom stereocenters. The third-order valence-electron chi connectivity index (χ3n) is 2.05. The molecule has 0 radical (unpaired) electrons. The second-order valence-corrected chi connectivity index (χ2v) is 3.81. The summed E-state index contributed by atoms with van der Waals surface area (Å²) in [6, 6.07) is 8.17. The Labute approximate surface area is 87.9 Å². The molecule has 0 amide bonds. The minimum Gasteiger partial charge on any atom is -0.388 e. The van der Waals surface area contributed by atoms with Crippen LogP contribution in [0.1, 0.15) is 30.6 Å². The van der Waals surface area contributed by atoms with Crippen molar-refractivity contribution in [2.45, 2.75) is 25.9 Å². The van der Waals surface area contributed by atoms with Gasteiger partial charge in [0.2, 0.25) is 0 Å². The highest BCUT2D eigenvalue weighted by Crippen LogP contribution is 2.16. The summed E-state index contributed by atoms with van der Waals surface area (Å²) >= 11 is 3.25. The molecule has 1 rings (SSSR count). The summed E-state index contributed by atoms with van der Waals surface area (Å²) in [6.07, 6.45) is 1.90. The van der Waals surface area contributed by atoms with E-state index in [1.54, 1.807) is 0 Å². The number of benzene rings is 1. The largest absolute Gasteiger partial charge is 0.388 e. The van der Waals surface area contributed by atoms with Gasteiger partial charge in [0.15, 0.2) is 0 Å². The van der Waals surface area contributed by atoms with Crippen molar-refractivity contribution in [2.24, 2.45) is 0 Å². The highest BCUT2D eigenvalue weighted by molar-refractivity contribution is 9.09. The molecule has 0 bridgehead atoms. The molecule has 13 heavy (non-hydrogen) atoms. The van der Waals surface area contributed by atoms with Crippen LogP contribution in [0.4, 0.5) is 0 Å². The topological polar surface area (TPSA) is 20.2 Å². The number of aryl methyl sites for hydroxylation is 1. The summed E-state index contributed by atoms with van der Waals surface area (Å²) in [6.45, 7) is 2.17. The first kappa shape index (κ1) is 10.7. The number of rotatable bonds is 4. The number of halogens is 1. The SMILES string of the molecule is CCCc1ccc([C@@H](O)CBr)cc1. The van der Waals surface area contributed by atoms with Gasteiger partial charge in [0.05, 0.1) is 6.10 Å². The highest BCUT2D eigenvalue weighted by atomic mass is 79.9. The summed E-state index contributed by atoms with van der Waals surface area (Å²) in [7, 11) is 0. The molecule has 1 aromatic carbocycles. The van der Waals surface area contributed by atoms with Crippen LogP contribution in [0.15, 0.2) is 24.3 Å². The van der Waals surface area contributed by atoms with Crippen molar-refractivity contribution >= 4 is 15.9 Å². The fourth-order valence-corrected chi connectivity index (χ4v) is 1.66. The second kappa shape index (κ2) is 5.40. The Kier molecular flexibility index (Phi) is 4.46. The molecule has 2 heteroatoms. The standard InChI is InChI=1S/C11H15BrO/c1-2-3-9-4-6-10(7-5-9)11(13)8-12/h4-7,11,13H,2-3,8H2,1H3/t11-/m0/s1. The van der Waals surface area contributed by atoms with Crippen molar-refractivity contribution in [3.8, 4) is 0 Å². The molecule has 0 aliphatic heterocycles. The predicted molar refractivity (Wildman–Crippen MR) is 59.2 cm³/mol. The first-order chi connectivity index (χ1) is 6.27. The molecule has 0 heterocycles. The summed E-state index contributed by atoms with van der Waals surface area (Å²) in [4.78, 5) is 0. The molecule has 1 aromatic rings. The number of hydrogen-bond donors (Lipinski definition) is 1. The Balaban J connectivity index is 2.69. The molecule has 0 saturated carbocycles. The Morgan fingerprint density at radius 2 is 1.92 bits per heavy atom. The normalized spacial score (nSPS) is 12.8. The zero-order valence-electron chi connectivity index (χ0n) is 7.83. The van der Waals surface area contributed by atoms with E-state index in [0.717, 1.165) is 12.0 Å². The van der Waals surface area contributed by atoms with Crippen molar-refractivity contribution in [2.75, 3.05) is 5.33 Å². The molecule has 0 saturated heterocycles. The predicted octanol–water partition coefficient (Wildman–Crippen LogP) is 3.07. The molecule has 0 fully saturated rings. The quantitative estimate of drug-likeness (QED) is 0.806. The minimum absolute atomic E-state index is 0.379. The van der Waals surface area contributed by atoms with Gasteiger partial charge in [0.25, 0.3) is 0 Å². The van der Waals surface area contributed by atoms with Crippen LogP contribution in [0.5, 0.6) is 0 Å². The van der Waals surface area contributed by atoms with Crippen LogP contribution in [-0.4, -0.2) is 10.4 Å². The van der Waals surface area contributed by atoms with Gasteiger partial charge in [0.1, 0.15) is 0 Å². The van der Waals surface area contributed by atoms with Gasteiger partial charge in [-0.2, -0.15) is 0 Å². The Morgan fingerprint density at radius 1 is 1.31 bits per heavy atom. The average molecular weight is 243 g/mol. The first-order valence-electron chi connectivity index (χ1n) is 4.60. The maximum Gasteiger partial charge on any atom is 0.0886 e. The Morgan fingerprint density at radius 3 is 2.38 bits per heavy atom. The summed E-state index contributed by atoms with van der Waals surface area (Å²) in [5.74, 6) is 0. The van der Waals surface area contributed by atoms with Gasteiger partial charge in [-0.25, -0.2) is 0 Å². The van der Waals surface area contributed by atoms with Crippen LogP contribution in [0.3, 0.4) is 0 Å². The zero-order chi connectivity index (χ0) is 9.68. The fourth-order valence-electron chi connectivity index (χ4n) is 1.28. The third kappa shape index (κ3) is 3.12. The molecular formula is C11H15BrO. The van der Waals surface area contributed by atoms with E-state index in [2.05, 4.69) is 35.0 Å². The summed E-state index contributed by atoms with van der Waals surface area (Å²) < 4.78 is 0. The van der Waals surface area contributed by atoms with E-state index >= 15 is 0 Å². The van der Waals surface area contributed by atoms with Gasteiger partial charge in [-0.15, -0.1) is 0 Å². The summed E-state index contributed by atoms with van der Waals surface area (Å²) in [5, 5.41) is 10.1. The van der Waals surface area contributed by atoms with Gasteiger partial charge >= 0.3 is 0 Å². The van der Waals surface area contributed by atoms with Crippen molar-refractivity contribution in [1.29, 1.82) is 0 Å². The highest BCUT2D eigenvalue weighted by Gasteiger charge is 2.03. The summed E-state index contributed by atoms with van der Waals surface area (Å²) in [5.41, 5.74) is 2.32. The van der Waals surface area contributed by atoms with Gasteiger partial charge in [-0.05, 0) is 17.5 Å². The Bertz CT molecular complexity index is 243. The molecule has 0 aromatic heterocycles. The zero-order valence-corrected chi connectivity index (χ0v) is 9.42. The van der Waals surface area contributed by atoms with Crippen molar-refractivity contribution < 1.29 is 5.11 Å². The van der Waals surface area contributed by atoms with Gasteiger partial charge < -0.3 is 5.11 Å². The number of aliphatic hydroxyl groups is 1. The molecular weight excluding hydrogens is 228 g/mol. The number of aliphatic hydroxyl groups excluding tert-OH is 1. The molecule has 1 nitrogen and oxygen atoms in total. The monoisotopic (exact) mass is 242 g/mol. The molecule has 0 spiro atoms. The lowest BCUT2D eigenvalue weighted by Crippen LogP contribution is -1.97. The maximum absolute atomic E-state index is 9.50. The molecule has 0 aliphatic rings. The van der Waals surface area contributed by atoms with E-state index in [9.17, 15) is 5.11 Å². The smallest absolute Gasteiger partial charge is 0.0886 e. The lowest BCUT2D eigenvalue weighted by molar-refractivity contribution is 0.205. The van der Waals surface area contributed by atoms with Crippen molar-refractivity contribution in [3.05, 3.63) is 35.4 Å². The maximum atomic E-state index is 9.50. The number of hydrogen-bond acceptors (Lipinski definition) is 1. The van der Waals surface area contributed by atoms with Gasteiger partial charge in [-0.1, -0.05) is 53.5 Å². The first-order valence-corrected chi connectivity index (χ1v) is 5.73. The van der Waals surface area contributed by atoms with E-state index in [0.29, 0.717) is 5.33 Å². The lowest BCUT2D eigenvalue weighted by Gasteiger charge is -2.07. The number of alkyl halides is 1. The molecule has 1 atom stereocenters. The van der Waals surface area contributed by atoms with Gasteiger partial charge in [0, 0.05) is 5.33 Å². The van der Waals surface area contributed by atoms with Crippen LogP contribution in [0.25, 0.3) is 0 Å². The van der Waals surface area contributed by atoms with Crippen LogP contribution >= 0.6 is 15.9 Å². The Hall–Kier alpha value is -0.340. The van der Waals surface area contributed by atoms with Gasteiger partial charge in [-0.3, -0.25) is 0 Å². The van der Waals surface area contributed by atoms with E-state index in [4.69, 9.17) is 0 Å². The lowest BCUT2D eigenvalue weighted by atomic mass is 10.1. The van der Waals surface area contributed by atoms with Crippen LogP contribution in [0.2, 0.25) is 0 Å². The van der Waals surface area contributed by atoms with Crippen LogP contribution in [-0.2, 0) is 6.42 Å². The molecule has 1 N–H and O–H groups in total. The van der Waals surface area contributed by atoms with E-state index in [1.165, 1.54) is 12.0 Å². The molecule has 72 valence electrons. The third-order valence-corrected chi connectivity index (χ3v) is 2.66. The average Bonchev–Trinajstić information content (AvgIpc) is 2.18. The van der Waals surface area contributed by atoms with E-state index in [1.807, 2.05) is 12.1 Å². The van der Waals surface area contributed by atoms with E-state index in [-0.39, 0.29) is 6.10 Å². The van der Waals surface area contributed by atoms with Crippen molar-refractivity contribution in [1.82, 2.24) is 0 Å². The second-order valence-electron chi connectivity index (χ2n) is 3.16. The van der Waals surface area contributed by atoms with Crippen LogP contribution in [0, 0.1) is 0 Å².